The van der Waals surface area contributed by atoms with Gasteiger partial charge in [-0.15, -0.1) is 0 Å². The Labute approximate surface area is 134 Å². The van der Waals surface area contributed by atoms with E-state index in [1.165, 1.54) is 10.6 Å². The van der Waals surface area contributed by atoms with E-state index in [2.05, 4.69) is 0 Å². The Morgan fingerprint density at radius 3 is 2.23 bits per heavy atom. The number of carbonyl (C=O) groups excluding carboxylic acids is 1. The van der Waals surface area contributed by atoms with Crippen LogP contribution in [0.5, 0.6) is 0 Å². The number of nitrogens with zero attached hydrogens (tertiary/aromatic N) is 2. The molecular weight excluding hydrogens is 300 g/mol. The summed E-state index contributed by atoms with van der Waals surface area (Å²) in [5.41, 5.74) is 2.60. The fourth-order valence-electron chi connectivity index (χ4n) is 2.40. The maximum atomic E-state index is 12.1. The second-order valence-corrected chi connectivity index (χ2v) is 7.28. The molecule has 0 N–H and O–H groups in total. The molecule has 0 bridgehead atoms. The molecule has 0 saturated heterocycles. The van der Waals surface area contributed by atoms with Gasteiger partial charge in [0.15, 0.2) is 0 Å². The van der Waals surface area contributed by atoms with Crippen molar-refractivity contribution in [1.82, 2.24) is 4.90 Å². The third kappa shape index (κ3) is 4.47. The second-order valence-electron chi connectivity index (χ2n) is 5.37. The van der Waals surface area contributed by atoms with Crippen molar-refractivity contribution >= 4 is 21.6 Å². The summed E-state index contributed by atoms with van der Waals surface area (Å²) in [5.74, 6) is -0.0241. The minimum absolute atomic E-state index is 0.0241. The van der Waals surface area contributed by atoms with Crippen LogP contribution >= 0.6 is 0 Å². The average molecular weight is 326 g/mol. The zero-order valence-corrected chi connectivity index (χ0v) is 14.9. The van der Waals surface area contributed by atoms with Crippen LogP contribution in [0.1, 0.15) is 31.4 Å². The number of rotatable bonds is 7. The van der Waals surface area contributed by atoms with Crippen molar-refractivity contribution in [1.29, 1.82) is 0 Å². The SMILES string of the molecule is CCN(CC)C(=O)CCN(c1cccc(C)c1C)S(C)(=O)=O. The molecule has 0 atom stereocenters. The Hall–Kier alpha value is -1.56. The van der Waals surface area contributed by atoms with Crippen LogP contribution < -0.4 is 4.31 Å². The van der Waals surface area contributed by atoms with E-state index in [0.717, 1.165) is 11.1 Å². The van der Waals surface area contributed by atoms with Crippen LogP contribution in [0.25, 0.3) is 0 Å². The maximum Gasteiger partial charge on any atom is 0.232 e. The van der Waals surface area contributed by atoms with Crippen LogP contribution in [0.4, 0.5) is 5.69 Å². The average Bonchev–Trinajstić information content (AvgIpc) is 2.43. The van der Waals surface area contributed by atoms with Gasteiger partial charge in [0.2, 0.25) is 15.9 Å². The molecule has 0 aliphatic rings. The first-order valence-electron chi connectivity index (χ1n) is 7.54. The predicted octanol–water partition coefficient (Wildman–Crippen LogP) is 2.33. The summed E-state index contributed by atoms with van der Waals surface area (Å²) < 4.78 is 25.6. The zero-order valence-electron chi connectivity index (χ0n) is 14.1. The quantitative estimate of drug-likeness (QED) is 0.773. The van der Waals surface area contributed by atoms with E-state index in [4.69, 9.17) is 0 Å². The molecule has 22 heavy (non-hydrogen) atoms. The van der Waals surface area contributed by atoms with Crippen molar-refractivity contribution in [2.45, 2.75) is 34.1 Å². The summed E-state index contributed by atoms with van der Waals surface area (Å²) in [6.07, 6.45) is 1.36. The topological polar surface area (TPSA) is 57.7 Å². The van der Waals surface area contributed by atoms with E-state index >= 15 is 0 Å². The van der Waals surface area contributed by atoms with E-state index in [1.807, 2.05) is 39.8 Å². The van der Waals surface area contributed by atoms with Crippen LogP contribution in [0.15, 0.2) is 18.2 Å². The molecule has 0 unspecified atom stereocenters. The summed E-state index contributed by atoms with van der Waals surface area (Å²) in [6, 6.07) is 5.56. The van der Waals surface area contributed by atoms with Crippen molar-refractivity contribution in [2.75, 3.05) is 30.2 Å². The van der Waals surface area contributed by atoms with Gasteiger partial charge in [0, 0.05) is 26.1 Å². The standard InChI is InChI=1S/C16H26N2O3S/c1-6-17(7-2)16(19)11-12-18(22(5,20)21)15-10-8-9-13(3)14(15)4/h8-10H,6-7,11-12H2,1-5H3. The molecule has 0 aromatic heterocycles. The van der Waals surface area contributed by atoms with Gasteiger partial charge in [0.05, 0.1) is 11.9 Å². The van der Waals surface area contributed by atoms with Crippen molar-refractivity contribution in [3.05, 3.63) is 29.3 Å². The number of hydrogen-bond donors (Lipinski definition) is 0. The number of aryl methyl sites for hydroxylation is 1. The predicted molar refractivity (Wildman–Crippen MR) is 90.7 cm³/mol. The lowest BCUT2D eigenvalue weighted by Crippen LogP contribution is -2.37. The first-order valence-corrected chi connectivity index (χ1v) is 9.38. The maximum absolute atomic E-state index is 12.1. The second kappa shape index (κ2) is 7.63. The third-order valence-corrected chi connectivity index (χ3v) is 5.07. The molecule has 0 radical (unpaired) electrons. The summed E-state index contributed by atoms with van der Waals surface area (Å²) in [6.45, 7) is 9.12. The van der Waals surface area contributed by atoms with Crippen LogP contribution in [-0.4, -0.2) is 45.1 Å². The van der Waals surface area contributed by atoms with Gasteiger partial charge < -0.3 is 4.90 Å². The zero-order chi connectivity index (χ0) is 16.9. The van der Waals surface area contributed by atoms with Crippen LogP contribution in [0.2, 0.25) is 0 Å². The monoisotopic (exact) mass is 326 g/mol. The number of sulfonamides is 1. The van der Waals surface area contributed by atoms with E-state index in [1.54, 1.807) is 11.0 Å². The summed E-state index contributed by atoms with van der Waals surface area (Å²) in [4.78, 5) is 13.8. The van der Waals surface area contributed by atoms with Gasteiger partial charge in [-0.05, 0) is 44.9 Å². The van der Waals surface area contributed by atoms with Gasteiger partial charge in [-0.3, -0.25) is 9.10 Å². The first kappa shape index (κ1) is 18.5. The van der Waals surface area contributed by atoms with Gasteiger partial charge in [-0.1, -0.05) is 12.1 Å². The molecule has 0 aliphatic heterocycles. The van der Waals surface area contributed by atoms with Crippen LogP contribution in [-0.2, 0) is 14.8 Å². The molecule has 1 rings (SSSR count). The number of anilines is 1. The highest BCUT2D eigenvalue weighted by Crippen LogP contribution is 2.25. The molecule has 1 amide bonds. The van der Waals surface area contributed by atoms with E-state index in [0.29, 0.717) is 18.8 Å². The van der Waals surface area contributed by atoms with E-state index < -0.39 is 10.0 Å². The Morgan fingerprint density at radius 1 is 1.14 bits per heavy atom. The molecular formula is C16H26N2O3S. The molecule has 5 nitrogen and oxygen atoms in total. The van der Waals surface area contributed by atoms with Crippen molar-refractivity contribution < 1.29 is 13.2 Å². The van der Waals surface area contributed by atoms with Gasteiger partial charge in [-0.2, -0.15) is 0 Å². The summed E-state index contributed by atoms with van der Waals surface area (Å²) >= 11 is 0. The smallest absolute Gasteiger partial charge is 0.232 e. The normalized spacial score (nSPS) is 11.3. The number of amides is 1. The molecule has 1 aromatic rings. The number of hydrogen-bond acceptors (Lipinski definition) is 3. The molecule has 0 fully saturated rings. The van der Waals surface area contributed by atoms with Crippen molar-refractivity contribution in [3.63, 3.8) is 0 Å². The van der Waals surface area contributed by atoms with Crippen LogP contribution in [0.3, 0.4) is 0 Å². The molecule has 0 heterocycles. The highest BCUT2D eigenvalue weighted by atomic mass is 32.2. The Balaban J connectivity index is 3.02. The van der Waals surface area contributed by atoms with E-state index in [9.17, 15) is 13.2 Å². The fourth-order valence-corrected chi connectivity index (χ4v) is 3.38. The minimum Gasteiger partial charge on any atom is -0.343 e. The molecule has 0 saturated carbocycles. The molecule has 0 aliphatic carbocycles. The lowest BCUT2D eigenvalue weighted by atomic mass is 10.1. The highest BCUT2D eigenvalue weighted by molar-refractivity contribution is 7.92. The molecule has 1 aromatic carbocycles. The summed E-state index contributed by atoms with van der Waals surface area (Å²) in [5, 5.41) is 0. The van der Waals surface area contributed by atoms with Crippen molar-refractivity contribution in [2.24, 2.45) is 0 Å². The van der Waals surface area contributed by atoms with Gasteiger partial charge >= 0.3 is 0 Å². The Bertz CT molecular complexity index is 622. The Morgan fingerprint density at radius 2 is 1.73 bits per heavy atom. The van der Waals surface area contributed by atoms with Gasteiger partial charge in [0.1, 0.15) is 0 Å². The lowest BCUT2D eigenvalue weighted by Gasteiger charge is -2.26. The van der Waals surface area contributed by atoms with E-state index in [-0.39, 0.29) is 18.9 Å². The highest BCUT2D eigenvalue weighted by Gasteiger charge is 2.21. The van der Waals surface area contributed by atoms with Crippen molar-refractivity contribution in [3.8, 4) is 0 Å². The molecule has 0 spiro atoms. The van der Waals surface area contributed by atoms with Gasteiger partial charge in [0.25, 0.3) is 0 Å². The fraction of sp³-hybridized carbons (Fsp3) is 0.562. The molecule has 124 valence electrons. The minimum atomic E-state index is -3.43. The number of benzene rings is 1. The molecule has 6 heteroatoms. The largest absolute Gasteiger partial charge is 0.343 e. The van der Waals surface area contributed by atoms with Crippen LogP contribution in [0, 0.1) is 13.8 Å². The number of carbonyl (C=O) groups is 1. The Kier molecular flexibility index (Phi) is 6.41. The lowest BCUT2D eigenvalue weighted by molar-refractivity contribution is -0.130. The third-order valence-electron chi connectivity index (χ3n) is 3.89. The first-order chi connectivity index (χ1) is 10.2. The van der Waals surface area contributed by atoms with Gasteiger partial charge in [-0.25, -0.2) is 8.42 Å². The summed E-state index contributed by atoms with van der Waals surface area (Å²) in [7, 11) is -3.43.